The van der Waals surface area contributed by atoms with E-state index in [4.69, 9.17) is 5.73 Å². The molecule has 4 nitrogen and oxygen atoms in total. The smallest absolute Gasteiger partial charge is 0.267 e. The van der Waals surface area contributed by atoms with Gasteiger partial charge in [0, 0.05) is 24.2 Å². The summed E-state index contributed by atoms with van der Waals surface area (Å²) in [6.07, 6.45) is 3.62. The fourth-order valence-corrected chi connectivity index (χ4v) is 3.51. The van der Waals surface area contributed by atoms with Gasteiger partial charge in [0.2, 0.25) is 0 Å². The maximum absolute atomic E-state index is 12.2. The number of anilines is 1. The number of nitrogens with one attached hydrogen (secondary N) is 1. The van der Waals surface area contributed by atoms with Crippen LogP contribution in [0.4, 0.5) is 5.69 Å². The Morgan fingerprint density at radius 3 is 2.95 bits per heavy atom. The lowest BCUT2D eigenvalue weighted by Gasteiger charge is -2.08. The topological polar surface area (TPSA) is 60.0 Å². The summed E-state index contributed by atoms with van der Waals surface area (Å²) in [6.45, 7) is 3.51. The second-order valence-corrected chi connectivity index (χ2v) is 7.11. The molecule has 0 saturated heterocycles. The molecular weight excluding hydrogens is 338 g/mol. The average Bonchev–Trinajstić information content (AvgIpc) is 2.96. The van der Waals surface area contributed by atoms with Crippen molar-refractivity contribution in [2.24, 2.45) is 0 Å². The van der Waals surface area contributed by atoms with Crippen molar-refractivity contribution in [1.29, 1.82) is 0 Å². The second-order valence-electron chi connectivity index (χ2n) is 4.56. The van der Waals surface area contributed by atoms with Gasteiger partial charge in [-0.2, -0.15) is 0 Å². The van der Waals surface area contributed by atoms with E-state index in [-0.39, 0.29) is 5.91 Å². The number of amides is 1. The first-order valence-electron chi connectivity index (χ1n) is 6.58. The van der Waals surface area contributed by atoms with E-state index in [0.717, 1.165) is 23.2 Å². The van der Waals surface area contributed by atoms with Gasteiger partial charge < -0.3 is 15.6 Å². The number of nitrogen functional groups attached to an aromatic ring is 1. The molecule has 0 aliphatic rings. The summed E-state index contributed by atoms with van der Waals surface area (Å²) in [5, 5.41) is 2.94. The van der Waals surface area contributed by atoms with Crippen LogP contribution in [0.15, 0.2) is 28.2 Å². The van der Waals surface area contributed by atoms with Crippen molar-refractivity contribution in [2.75, 3.05) is 12.3 Å². The van der Waals surface area contributed by atoms with Crippen LogP contribution in [-0.4, -0.2) is 17.0 Å². The van der Waals surface area contributed by atoms with Gasteiger partial charge in [-0.05, 0) is 47.0 Å². The third kappa shape index (κ3) is 3.86. The van der Waals surface area contributed by atoms with Crippen LogP contribution in [0.1, 0.15) is 28.7 Å². The summed E-state index contributed by atoms with van der Waals surface area (Å²) < 4.78 is 3.02. The quantitative estimate of drug-likeness (QED) is 0.835. The molecule has 20 heavy (non-hydrogen) atoms. The van der Waals surface area contributed by atoms with Crippen LogP contribution in [-0.2, 0) is 13.0 Å². The van der Waals surface area contributed by atoms with E-state index < -0.39 is 0 Å². The van der Waals surface area contributed by atoms with Crippen molar-refractivity contribution in [3.05, 3.63) is 38.8 Å². The zero-order valence-corrected chi connectivity index (χ0v) is 13.8. The summed E-state index contributed by atoms with van der Waals surface area (Å²) in [5.41, 5.74) is 7.03. The van der Waals surface area contributed by atoms with Crippen LogP contribution in [0, 0.1) is 0 Å². The van der Waals surface area contributed by atoms with Crippen molar-refractivity contribution in [2.45, 2.75) is 26.3 Å². The normalized spacial score (nSPS) is 10.7. The van der Waals surface area contributed by atoms with Gasteiger partial charge in [-0.3, -0.25) is 4.79 Å². The molecule has 0 fully saturated rings. The number of aromatic nitrogens is 1. The predicted octanol–water partition coefficient (Wildman–Crippen LogP) is 3.28. The Balaban J connectivity index is 1.91. The van der Waals surface area contributed by atoms with Gasteiger partial charge in [-0.25, -0.2) is 0 Å². The molecular formula is C14H18BrN3OS. The number of nitrogens with two attached hydrogens (primary N) is 1. The minimum atomic E-state index is -0.0641. The molecule has 1 amide bonds. The molecule has 0 unspecified atom stereocenters. The largest absolute Gasteiger partial charge is 0.397 e. The van der Waals surface area contributed by atoms with Gasteiger partial charge in [0.25, 0.3) is 5.91 Å². The molecule has 0 aliphatic carbocycles. The number of carbonyl (C=O) groups excluding carboxylic acids is 1. The van der Waals surface area contributed by atoms with Crippen molar-refractivity contribution < 1.29 is 4.79 Å². The van der Waals surface area contributed by atoms with E-state index in [9.17, 15) is 4.79 Å². The van der Waals surface area contributed by atoms with E-state index in [0.29, 0.717) is 17.9 Å². The number of aryl methyl sites for hydroxylation is 1. The highest BCUT2D eigenvalue weighted by Gasteiger charge is 2.12. The van der Waals surface area contributed by atoms with Crippen LogP contribution in [0.3, 0.4) is 0 Å². The Bertz CT molecular complexity index is 591. The predicted molar refractivity (Wildman–Crippen MR) is 87.2 cm³/mol. The number of carbonyl (C=O) groups is 1. The first kappa shape index (κ1) is 15.1. The standard InChI is InChI=1S/C14H18BrN3OS/c1-2-7-18-9-10(16)8-12(18)14(19)17-6-5-11-3-4-13(15)20-11/h3-4,8-9H,2,5-7,16H2,1H3,(H,17,19). The number of thiophene rings is 1. The second kappa shape index (κ2) is 6.95. The summed E-state index contributed by atoms with van der Waals surface area (Å²) >= 11 is 5.12. The van der Waals surface area contributed by atoms with Crippen molar-refractivity contribution >= 4 is 38.9 Å². The number of rotatable bonds is 6. The molecule has 0 saturated carbocycles. The Morgan fingerprint density at radius 2 is 2.30 bits per heavy atom. The fraction of sp³-hybridized carbons (Fsp3) is 0.357. The van der Waals surface area contributed by atoms with Gasteiger partial charge in [-0.1, -0.05) is 6.92 Å². The summed E-state index contributed by atoms with van der Waals surface area (Å²) in [7, 11) is 0. The number of hydrogen-bond donors (Lipinski definition) is 2. The van der Waals surface area contributed by atoms with Crippen molar-refractivity contribution in [3.63, 3.8) is 0 Å². The lowest BCUT2D eigenvalue weighted by atomic mass is 10.3. The minimum absolute atomic E-state index is 0.0641. The first-order valence-corrected chi connectivity index (χ1v) is 8.19. The van der Waals surface area contributed by atoms with Crippen LogP contribution in [0.25, 0.3) is 0 Å². The van der Waals surface area contributed by atoms with Crippen LogP contribution < -0.4 is 11.1 Å². The fourth-order valence-electron chi connectivity index (χ4n) is 2.03. The molecule has 2 aromatic rings. The Morgan fingerprint density at radius 1 is 1.50 bits per heavy atom. The molecule has 108 valence electrons. The molecule has 0 aromatic carbocycles. The maximum atomic E-state index is 12.2. The Kier molecular flexibility index (Phi) is 5.25. The molecule has 0 spiro atoms. The highest BCUT2D eigenvalue weighted by molar-refractivity contribution is 9.11. The number of nitrogens with zero attached hydrogens (tertiary/aromatic N) is 1. The monoisotopic (exact) mass is 355 g/mol. The minimum Gasteiger partial charge on any atom is -0.397 e. The summed E-state index contributed by atoms with van der Waals surface area (Å²) in [6, 6.07) is 5.82. The molecule has 0 aliphatic heterocycles. The van der Waals surface area contributed by atoms with E-state index in [1.165, 1.54) is 4.88 Å². The van der Waals surface area contributed by atoms with Crippen LogP contribution >= 0.6 is 27.3 Å². The van der Waals surface area contributed by atoms with Crippen molar-refractivity contribution in [1.82, 2.24) is 9.88 Å². The Labute approximate surface area is 131 Å². The molecule has 2 rings (SSSR count). The van der Waals surface area contributed by atoms with Gasteiger partial charge in [0.15, 0.2) is 0 Å². The van der Waals surface area contributed by atoms with Gasteiger partial charge in [0.05, 0.1) is 9.47 Å². The third-order valence-electron chi connectivity index (χ3n) is 2.90. The van der Waals surface area contributed by atoms with Gasteiger partial charge >= 0.3 is 0 Å². The summed E-state index contributed by atoms with van der Waals surface area (Å²) in [4.78, 5) is 13.4. The first-order chi connectivity index (χ1) is 9.60. The molecule has 0 atom stereocenters. The lowest BCUT2D eigenvalue weighted by Crippen LogP contribution is -2.27. The van der Waals surface area contributed by atoms with E-state index in [1.54, 1.807) is 17.4 Å². The maximum Gasteiger partial charge on any atom is 0.267 e. The number of halogens is 1. The molecule has 2 aromatic heterocycles. The van der Waals surface area contributed by atoms with Crippen LogP contribution in [0.5, 0.6) is 0 Å². The molecule has 0 bridgehead atoms. The van der Waals surface area contributed by atoms with Gasteiger partial charge in [0.1, 0.15) is 5.69 Å². The zero-order chi connectivity index (χ0) is 14.5. The van der Waals surface area contributed by atoms with E-state index >= 15 is 0 Å². The van der Waals surface area contributed by atoms with Crippen LogP contribution in [0.2, 0.25) is 0 Å². The zero-order valence-electron chi connectivity index (χ0n) is 11.4. The molecule has 0 radical (unpaired) electrons. The average molecular weight is 356 g/mol. The molecule has 6 heteroatoms. The van der Waals surface area contributed by atoms with Gasteiger partial charge in [-0.15, -0.1) is 11.3 Å². The highest BCUT2D eigenvalue weighted by atomic mass is 79.9. The van der Waals surface area contributed by atoms with Crippen molar-refractivity contribution in [3.8, 4) is 0 Å². The molecule has 3 N–H and O–H groups in total. The molecule has 2 heterocycles. The third-order valence-corrected chi connectivity index (χ3v) is 4.58. The summed E-state index contributed by atoms with van der Waals surface area (Å²) in [5.74, 6) is -0.0641. The highest BCUT2D eigenvalue weighted by Crippen LogP contribution is 2.22. The number of hydrogen-bond acceptors (Lipinski definition) is 3. The van der Waals surface area contributed by atoms with E-state index in [2.05, 4.69) is 34.2 Å². The SMILES string of the molecule is CCCn1cc(N)cc1C(=O)NCCc1ccc(Br)s1. The Hall–Kier alpha value is -1.27. The lowest BCUT2D eigenvalue weighted by molar-refractivity contribution is 0.0945. The van der Waals surface area contributed by atoms with E-state index in [1.807, 2.05) is 16.8 Å².